The predicted molar refractivity (Wildman–Crippen MR) is 83.4 cm³/mol. The molecule has 0 saturated heterocycles. The van der Waals surface area contributed by atoms with Crippen LogP contribution in [0.25, 0.3) is 0 Å². The largest absolute Gasteiger partial charge is 0.493 e. The number of carbonyl (C=O) groups excluding carboxylic acids is 1. The summed E-state index contributed by atoms with van der Waals surface area (Å²) >= 11 is 0. The maximum Gasteiger partial charge on any atom is 0.341 e. The Hall–Kier alpha value is -2.63. The highest BCUT2D eigenvalue weighted by atomic mass is 16.5. The van der Waals surface area contributed by atoms with E-state index in [-0.39, 0.29) is 0 Å². The molecule has 0 saturated carbocycles. The number of nitrogen functional groups attached to an aromatic ring is 1. The van der Waals surface area contributed by atoms with Gasteiger partial charge in [-0.3, -0.25) is 0 Å². The quantitative estimate of drug-likeness (QED) is 0.829. The zero-order chi connectivity index (χ0) is 16.1. The van der Waals surface area contributed by atoms with Gasteiger partial charge in [-0.2, -0.15) is 0 Å². The fraction of sp³-hybridized carbons (Fsp3) is 0.312. The topological polar surface area (TPSA) is 75.7 Å². The number of nitrogens with two attached hydrogens (primary N) is 1. The van der Waals surface area contributed by atoms with Crippen molar-refractivity contribution in [1.82, 2.24) is 4.57 Å². The average Bonchev–Trinajstić information content (AvgIpc) is 2.88. The summed E-state index contributed by atoms with van der Waals surface area (Å²) in [5.41, 5.74) is 7.37. The maximum absolute atomic E-state index is 11.8. The van der Waals surface area contributed by atoms with E-state index in [0.717, 1.165) is 5.56 Å². The van der Waals surface area contributed by atoms with Crippen molar-refractivity contribution in [2.45, 2.75) is 13.5 Å². The van der Waals surface area contributed by atoms with Crippen molar-refractivity contribution < 1.29 is 19.0 Å². The minimum atomic E-state index is -0.411. The minimum Gasteiger partial charge on any atom is -0.493 e. The van der Waals surface area contributed by atoms with Crippen LogP contribution >= 0.6 is 0 Å². The molecule has 0 bridgehead atoms. The van der Waals surface area contributed by atoms with Crippen LogP contribution in [0.5, 0.6) is 11.5 Å². The van der Waals surface area contributed by atoms with Crippen LogP contribution in [0.3, 0.4) is 0 Å². The second kappa shape index (κ2) is 6.89. The first-order valence-electron chi connectivity index (χ1n) is 6.93. The summed E-state index contributed by atoms with van der Waals surface area (Å²) in [5.74, 6) is 1.29. The second-order valence-corrected chi connectivity index (χ2v) is 4.65. The minimum absolute atomic E-state index is 0.319. The summed E-state index contributed by atoms with van der Waals surface area (Å²) in [7, 11) is 3.18. The molecule has 0 radical (unpaired) electrons. The molecule has 6 nitrogen and oxygen atoms in total. The Kier molecular flexibility index (Phi) is 4.93. The monoisotopic (exact) mass is 304 g/mol. The number of aromatic nitrogens is 1. The summed E-state index contributed by atoms with van der Waals surface area (Å²) in [6, 6.07) is 7.29. The molecular formula is C16H20N2O4. The van der Waals surface area contributed by atoms with Gasteiger partial charge >= 0.3 is 5.97 Å². The van der Waals surface area contributed by atoms with Gasteiger partial charge in [0, 0.05) is 12.7 Å². The van der Waals surface area contributed by atoms with Crippen molar-refractivity contribution in [3.05, 3.63) is 41.6 Å². The summed E-state index contributed by atoms with van der Waals surface area (Å²) < 4.78 is 17.2. The predicted octanol–water partition coefficient (Wildman–Crippen LogP) is 2.31. The smallest absolute Gasteiger partial charge is 0.341 e. The molecule has 0 spiro atoms. The molecule has 0 aliphatic carbocycles. The Morgan fingerprint density at radius 2 is 1.91 bits per heavy atom. The summed E-state index contributed by atoms with van der Waals surface area (Å²) in [5, 5.41) is 0. The van der Waals surface area contributed by atoms with Gasteiger partial charge < -0.3 is 24.5 Å². The van der Waals surface area contributed by atoms with E-state index in [2.05, 4.69) is 0 Å². The van der Waals surface area contributed by atoms with E-state index in [0.29, 0.717) is 36.0 Å². The molecule has 2 N–H and O–H groups in total. The molecule has 6 heteroatoms. The lowest BCUT2D eigenvalue weighted by Crippen LogP contribution is -2.09. The van der Waals surface area contributed by atoms with Gasteiger partial charge in [0.1, 0.15) is 11.4 Å². The summed E-state index contributed by atoms with van der Waals surface area (Å²) in [6.45, 7) is 2.60. The molecule has 1 aromatic heterocycles. The first-order valence-corrected chi connectivity index (χ1v) is 6.93. The Bertz CT molecular complexity index is 664. The Labute approximate surface area is 129 Å². The maximum atomic E-state index is 11.8. The lowest BCUT2D eigenvalue weighted by atomic mass is 10.2. The molecule has 2 rings (SSSR count). The highest BCUT2D eigenvalue weighted by Crippen LogP contribution is 2.28. The number of hydrogen-bond acceptors (Lipinski definition) is 5. The molecule has 2 aromatic rings. The van der Waals surface area contributed by atoms with Crippen LogP contribution in [0.2, 0.25) is 0 Å². The van der Waals surface area contributed by atoms with Gasteiger partial charge in [-0.05, 0) is 30.7 Å². The van der Waals surface area contributed by atoms with Gasteiger partial charge in [0.05, 0.1) is 20.8 Å². The average molecular weight is 304 g/mol. The Morgan fingerprint density at radius 1 is 1.18 bits per heavy atom. The van der Waals surface area contributed by atoms with Crippen molar-refractivity contribution in [3.8, 4) is 11.5 Å². The van der Waals surface area contributed by atoms with E-state index in [9.17, 15) is 4.79 Å². The van der Waals surface area contributed by atoms with Gasteiger partial charge in [0.15, 0.2) is 11.5 Å². The van der Waals surface area contributed by atoms with E-state index in [4.69, 9.17) is 19.9 Å². The Balaban J connectivity index is 2.23. The van der Waals surface area contributed by atoms with E-state index in [1.807, 2.05) is 18.2 Å². The van der Waals surface area contributed by atoms with Crippen LogP contribution in [0, 0.1) is 0 Å². The Morgan fingerprint density at radius 3 is 2.55 bits per heavy atom. The van der Waals surface area contributed by atoms with Crippen LogP contribution in [-0.4, -0.2) is 31.4 Å². The molecule has 0 fully saturated rings. The standard InChI is InChI=1S/C16H20N2O4/c1-4-22-16(19)12-7-8-18(15(12)17)10-11-5-6-13(20-2)14(9-11)21-3/h5-9H,4,10,17H2,1-3H3. The SMILES string of the molecule is CCOC(=O)c1ccn(Cc2ccc(OC)c(OC)c2)c1N. The number of ether oxygens (including phenoxy) is 3. The van der Waals surface area contributed by atoms with Gasteiger partial charge in [0.2, 0.25) is 0 Å². The number of anilines is 1. The highest BCUT2D eigenvalue weighted by Gasteiger charge is 2.15. The molecule has 1 heterocycles. The first kappa shape index (κ1) is 15.8. The van der Waals surface area contributed by atoms with Gasteiger partial charge in [0.25, 0.3) is 0 Å². The van der Waals surface area contributed by atoms with Crippen LogP contribution in [0.4, 0.5) is 5.82 Å². The van der Waals surface area contributed by atoms with E-state index >= 15 is 0 Å². The number of carbonyl (C=O) groups is 1. The zero-order valence-corrected chi connectivity index (χ0v) is 13.0. The molecular weight excluding hydrogens is 284 g/mol. The molecule has 0 amide bonds. The van der Waals surface area contributed by atoms with Crippen molar-refractivity contribution >= 4 is 11.8 Å². The second-order valence-electron chi connectivity index (χ2n) is 4.65. The van der Waals surface area contributed by atoms with Gasteiger partial charge in [-0.1, -0.05) is 6.07 Å². The molecule has 0 unspecified atom stereocenters. The first-order chi connectivity index (χ1) is 10.6. The third-order valence-electron chi connectivity index (χ3n) is 3.30. The number of hydrogen-bond donors (Lipinski definition) is 1. The molecule has 22 heavy (non-hydrogen) atoms. The molecule has 0 aliphatic heterocycles. The number of nitrogens with zero attached hydrogens (tertiary/aromatic N) is 1. The lowest BCUT2D eigenvalue weighted by molar-refractivity contribution is 0.0527. The van der Waals surface area contributed by atoms with Crippen molar-refractivity contribution in [2.75, 3.05) is 26.6 Å². The fourth-order valence-corrected chi connectivity index (χ4v) is 2.18. The molecule has 0 aliphatic rings. The normalized spacial score (nSPS) is 10.3. The van der Waals surface area contributed by atoms with Crippen LogP contribution in [-0.2, 0) is 11.3 Å². The number of benzene rings is 1. The number of methoxy groups -OCH3 is 2. The van der Waals surface area contributed by atoms with E-state index in [1.165, 1.54) is 0 Å². The van der Waals surface area contributed by atoms with E-state index < -0.39 is 5.97 Å². The fourth-order valence-electron chi connectivity index (χ4n) is 2.18. The molecule has 118 valence electrons. The lowest BCUT2D eigenvalue weighted by Gasteiger charge is -2.11. The van der Waals surface area contributed by atoms with Crippen molar-refractivity contribution in [1.29, 1.82) is 0 Å². The number of rotatable bonds is 6. The van der Waals surface area contributed by atoms with Crippen LogP contribution in [0.15, 0.2) is 30.5 Å². The van der Waals surface area contributed by atoms with Crippen LogP contribution in [0.1, 0.15) is 22.8 Å². The highest BCUT2D eigenvalue weighted by molar-refractivity contribution is 5.94. The zero-order valence-electron chi connectivity index (χ0n) is 13.0. The van der Waals surface area contributed by atoms with E-state index in [1.54, 1.807) is 38.0 Å². The van der Waals surface area contributed by atoms with Gasteiger partial charge in [-0.25, -0.2) is 4.79 Å². The summed E-state index contributed by atoms with van der Waals surface area (Å²) in [6.07, 6.45) is 1.76. The third kappa shape index (κ3) is 3.16. The van der Waals surface area contributed by atoms with Gasteiger partial charge in [-0.15, -0.1) is 0 Å². The number of esters is 1. The van der Waals surface area contributed by atoms with Crippen molar-refractivity contribution in [2.24, 2.45) is 0 Å². The van der Waals surface area contributed by atoms with Crippen molar-refractivity contribution in [3.63, 3.8) is 0 Å². The molecule has 0 atom stereocenters. The summed E-state index contributed by atoms with van der Waals surface area (Å²) in [4.78, 5) is 11.8. The third-order valence-corrected chi connectivity index (χ3v) is 3.30. The molecule has 1 aromatic carbocycles. The van der Waals surface area contributed by atoms with Crippen LogP contribution < -0.4 is 15.2 Å².